The fraction of sp³-hybridized carbons (Fsp3) is 0.421. The number of rotatable bonds is 1. The molecule has 0 radical (unpaired) electrons. The van der Waals surface area contributed by atoms with E-state index in [1.807, 2.05) is 26.0 Å². The second-order valence-corrected chi connectivity index (χ2v) is 7.18. The van der Waals surface area contributed by atoms with Crippen molar-refractivity contribution >= 4 is 16.7 Å². The van der Waals surface area contributed by atoms with E-state index in [1.54, 1.807) is 0 Å². The van der Waals surface area contributed by atoms with Crippen molar-refractivity contribution in [3.05, 3.63) is 48.0 Å². The van der Waals surface area contributed by atoms with Crippen LogP contribution in [0, 0.1) is 5.41 Å². The Balaban J connectivity index is 2.00. The lowest BCUT2D eigenvalue weighted by Crippen LogP contribution is -2.50. The quantitative estimate of drug-likeness (QED) is 0.710. The Bertz CT molecular complexity index is 698. The summed E-state index contributed by atoms with van der Waals surface area (Å²) in [4.78, 5) is 12.4. The minimum Gasteiger partial charge on any atom is -0.459 e. The van der Waals surface area contributed by atoms with Crippen LogP contribution in [-0.4, -0.2) is 11.6 Å². The minimum atomic E-state index is -0.419. The molecule has 1 fully saturated rings. The molecular formula is C19H22O2. The Kier molecular flexibility index (Phi) is 3.09. The van der Waals surface area contributed by atoms with Gasteiger partial charge in [0.1, 0.15) is 5.60 Å². The first-order chi connectivity index (χ1) is 9.80. The van der Waals surface area contributed by atoms with Crippen LogP contribution in [0.3, 0.4) is 0 Å². The number of carbonyl (C=O) groups excluding carboxylic acids is 1. The van der Waals surface area contributed by atoms with Gasteiger partial charge < -0.3 is 4.74 Å². The summed E-state index contributed by atoms with van der Waals surface area (Å²) < 4.78 is 5.73. The van der Waals surface area contributed by atoms with Crippen LogP contribution < -0.4 is 0 Å². The van der Waals surface area contributed by atoms with E-state index in [1.165, 1.54) is 10.8 Å². The molecule has 0 spiro atoms. The SMILES string of the molecule is CC1(C)CC(c2ccc3ccccc3c2)C(=O)OC1(C)C. The number of carbonyl (C=O) groups is 1. The summed E-state index contributed by atoms with van der Waals surface area (Å²) in [5, 5.41) is 2.37. The topological polar surface area (TPSA) is 26.3 Å². The summed E-state index contributed by atoms with van der Waals surface area (Å²) in [5.41, 5.74) is 0.594. The molecule has 2 nitrogen and oxygen atoms in total. The van der Waals surface area contributed by atoms with Gasteiger partial charge >= 0.3 is 5.97 Å². The smallest absolute Gasteiger partial charge is 0.313 e. The second-order valence-electron chi connectivity index (χ2n) is 7.18. The summed E-state index contributed by atoms with van der Waals surface area (Å²) in [5.74, 6) is -0.271. The van der Waals surface area contributed by atoms with Crippen molar-refractivity contribution in [2.45, 2.75) is 45.6 Å². The molecule has 0 saturated carbocycles. The van der Waals surface area contributed by atoms with Gasteiger partial charge in [0.25, 0.3) is 0 Å². The average Bonchev–Trinajstić information content (AvgIpc) is 2.42. The van der Waals surface area contributed by atoms with Crippen LogP contribution in [0.1, 0.15) is 45.6 Å². The van der Waals surface area contributed by atoms with Crippen molar-refractivity contribution in [2.75, 3.05) is 0 Å². The third-order valence-electron chi connectivity index (χ3n) is 5.16. The number of benzene rings is 2. The van der Waals surface area contributed by atoms with Crippen molar-refractivity contribution in [2.24, 2.45) is 5.41 Å². The minimum absolute atomic E-state index is 0.0444. The predicted molar refractivity (Wildman–Crippen MR) is 85.3 cm³/mol. The first-order valence-corrected chi connectivity index (χ1v) is 7.52. The molecule has 2 heteroatoms. The molecule has 21 heavy (non-hydrogen) atoms. The van der Waals surface area contributed by atoms with E-state index in [0.29, 0.717) is 0 Å². The van der Waals surface area contributed by atoms with Crippen LogP contribution >= 0.6 is 0 Å². The second kappa shape index (κ2) is 4.59. The Labute approximate surface area is 126 Å². The number of ether oxygens (including phenoxy) is 1. The first kappa shape index (κ1) is 14.1. The van der Waals surface area contributed by atoms with Crippen molar-refractivity contribution in [1.82, 2.24) is 0 Å². The van der Waals surface area contributed by atoms with Crippen LogP contribution in [0.2, 0.25) is 0 Å². The molecule has 1 atom stereocenters. The Morgan fingerprint density at radius 3 is 2.38 bits per heavy atom. The molecule has 1 saturated heterocycles. The summed E-state index contributed by atoms with van der Waals surface area (Å²) in [7, 11) is 0. The standard InChI is InChI=1S/C19H22O2/c1-18(2)12-16(17(20)21-19(18,3)4)15-10-9-13-7-5-6-8-14(13)11-15/h5-11,16H,12H2,1-4H3. The summed E-state index contributed by atoms with van der Waals surface area (Å²) >= 11 is 0. The van der Waals surface area contributed by atoms with Crippen LogP contribution in [-0.2, 0) is 9.53 Å². The lowest BCUT2D eigenvalue weighted by Gasteiger charge is -2.47. The first-order valence-electron chi connectivity index (χ1n) is 7.52. The lowest BCUT2D eigenvalue weighted by atomic mass is 9.68. The molecule has 0 amide bonds. The molecule has 1 aliphatic rings. The summed E-state index contributed by atoms with van der Waals surface area (Å²) in [6, 6.07) is 14.5. The highest BCUT2D eigenvalue weighted by Crippen LogP contribution is 2.47. The monoisotopic (exact) mass is 282 g/mol. The molecule has 0 aromatic heterocycles. The molecule has 1 unspecified atom stereocenters. The van der Waals surface area contributed by atoms with Gasteiger partial charge in [-0.2, -0.15) is 0 Å². The highest BCUT2D eigenvalue weighted by Gasteiger charge is 2.48. The van der Waals surface area contributed by atoms with Gasteiger partial charge in [0.05, 0.1) is 5.92 Å². The van der Waals surface area contributed by atoms with Crippen molar-refractivity contribution in [3.63, 3.8) is 0 Å². The highest BCUT2D eigenvalue weighted by atomic mass is 16.6. The van der Waals surface area contributed by atoms with E-state index in [9.17, 15) is 4.79 Å². The summed E-state index contributed by atoms with van der Waals surface area (Å²) in [6.07, 6.45) is 0.817. The molecule has 1 heterocycles. The van der Waals surface area contributed by atoms with E-state index in [2.05, 4.69) is 44.2 Å². The molecule has 2 aromatic rings. The van der Waals surface area contributed by atoms with Crippen LogP contribution in [0.5, 0.6) is 0 Å². The fourth-order valence-corrected chi connectivity index (χ4v) is 2.98. The van der Waals surface area contributed by atoms with Gasteiger partial charge in [0, 0.05) is 5.41 Å². The van der Waals surface area contributed by atoms with Gasteiger partial charge in [-0.05, 0) is 36.6 Å². The molecule has 0 N–H and O–H groups in total. The third kappa shape index (κ3) is 2.33. The van der Waals surface area contributed by atoms with Crippen molar-refractivity contribution < 1.29 is 9.53 Å². The number of fused-ring (bicyclic) bond motifs is 1. The summed E-state index contributed by atoms with van der Waals surface area (Å²) in [6.45, 7) is 8.35. The zero-order valence-electron chi connectivity index (χ0n) is 13.1. The van der Waals surface area contributed by atoms with E-state index >= 15 is 0 Å². The largest absolute Gasteiger partial charge is 0.459 e. The normalized spacial score (nSPS) is 23.8. The molecular weight excluding hydrogens is 260 g/mol. The van der Waals surface area contributed by atoms with Crippen LogP contribution in [0.15, 0.2) is 42.5 Å². The van der Waals surface area contributed by atoms with E-state index in [4.69, 9.17) is 4.74 Å². The number of hydrogen-bond acceptors (Lipinski definition) is 2. The Hall–Kier alpha value is -1.83. The van der Waals surface area contributed by atoms with Gasteiger partial charge in [-0.3, -0.25) is 4.79 Å². The van der Waals surface area contributed by atoms with Crippen molar-refractivity contribution in [1.29, 1.82) is 0 Å². The Morgan fingerprint density at radius 1 is 1.00 bits per heavy atom. The molecule has 110 valence electrons. The van der Waals surface area contributed by atoms with Gasteiger partial charge in [0.15, 0.2) is 0 Å². The number of esters is 1. The van der Waals surface area contributed by atoms with Gasteiger partial charge in [-0.15, -0.1) is 0 Å². The zero-order chi connectivity index (χ0) is 15.3. The van der Waals surface area contributed by atoms with Crippen molar-refractivity contribution in [3.8, 4) is 0 Å². The maximum atomic E-state index is 12.4. The number of cyclic esters (lactones) is 1. The van der Waals surface area contributed by atoms with Gasteiger partial charge in [-0.25, -0.2) is 0 Å². The molecule has 0 bridgehead atoms. The van der Waals surface area contributed by atoms with Crippen LogP contribution in [0.4, 0.5) is 0 Å². The van der Waals surface area contributed by atoms with Gasteiger partial charge in [0.2, 0.25) is 0 Å². The maximum absolute atomic E-state index is 12.4. The predicted octanol–water partition coefficient (Wildman–Crippen LogP) is 4.68. The van der Waals surface area contributed by atoms with Gasteiger partial charge in [-0.1, -0.05) is 56.3 Å². The molecule has 2 aromatic carbocycles. The molecule has 3 rings (SSSR count). The van der Waals surface area contributed by atoms with E-state index in [-0.39, 0.29) is 17.3 Å². The van der Waals surface area contributed by atoms with Crippen LogP contribution in [0.25, 0.3) is 10.8 Å². The zero-order valence-corrected chi connectivity index (χ0v) is 13.1. The number of hydrogen-bond donors (Lipinski definition) is 0. The third-order valence-corrected chi connectivity index (χ3v) is 5.16. The maximum Gasteiger partial charge on any atom is 0.313 e. The molecule has 1 aliphatic heterocycles. The van der Waals surface area contributed by atoms with E-state index in [0.717, 1.165) is 12.0 Å². The highest BCUT2D eigenvalue weighted by molar-refractivity contribution is 5.86. The Morgan fingerprint density at radius 2 is 1.67 bits per heavy atom. The molecule has 0 aliphatic carbocycles. The fourth-order valence-electron chi connectivity index (χ4n) is 2.98. The average molecular weight is 282 g/mol. The lowest BCUT2D eigenvalue weighted by molar-refractivity contribution is -0.184. The van der Waals surface area contributed by atoms with E-state index < -0.39 is 5.60 Å².